The molecule has 0 aliphatic carbocycles. The van der Waals surface area contributed by atoms with Gasteiger partial charge in [0.05, 0.1) is 11.5 Å². The van der Waals surface area contributed by atoms with E-state index in [2.05, 4.69) is 10.3 Å². The molecule has 1 heterocycles. The van der Waals surface area contributed by atoms with Gasteiger partial charge in [-0.1, -0.05) is 25.1 Å². The lowest BCUT2D eigenvalue weighted by atomic mass is 10.0. The van der Waals surface area contributed by atoms with Gasteiger partial charge >= 0.3 is 6.18 Å². The third-order valence-electron chi connectivity index (χ3n) is 3.62. The molecule has 0 saturated carbocycles. The van der Waals surface area contributed by atoms with Crippen LogP contribution in [0.4, 0.5) is 18.3 Å². The maximum absolute atomic E-state index is 12.7. The lowest BCUT2D eigenvalue weighted by Gasteiger charge is -2.13. The van der Waals surface area contributed by atoms with Crippen molar-refractivity contribution >= 4 is 22.4 Å². The minimum Gasteiger partial charge on any atom is -0.327 e. The number of aromatic nitrogens is 1. The molecule has 1 aromatic carbocycles. The Bertz CT molecular complexity index is 713. The third kappa shape index (κ3) is 4.78. The van der Waals surface area contributed by atoms with E-state index >= 15 is 0 Å². The molecule has 0 bridgehead atoms. The summed E-state index contributed by atoms with van der Waals surface area (Å²) in [6, 6.07) is 4.89. The average Bonchev–Trinajstić information content (AvgIpc) is 2.92. The minimum absolute atomic E-state index is 0.232. The summed E-state index contributed by atoms with van der Waals surface area (Å²) in [6.45, 7) is 3.46. The molecule has 0 aliphatic rings. The highest BCUT2D eigenvalue weighted by atomic mass is 32.1. The Morgan fingerprint density at radius 1 is 1.38 bits per heavy atom. The predicted octanol–water partition coefficient (Wildman–Crippen LogP) is 3.67. The number of alkyl halides is 3. The van der Waals surface area contributed by atoms with E-state index in [0.29, 0.717) is 17.1 Å². The predicted molar refractivity (Wildman–Crippen MR) is 87.8 cm³/mol. The number of thiazole rings is 1. The lowest BCUT2D eigenvalue weighted by Crippen LogP contribution is -2.34. The molecule has 0 radical (unpaired) electrons. The molecular weight excluding hydrogens is 339 g/mol. The lowest BCUT2D eigenvalue weighted by molar-refractivity contribution is -0.137. The maximum atomic E-state index is 12.7. The number of nitrogens with one attached hydrogen (secondary N) is 1. The van der Waals surface area contributed by atoms with Gasteiger partial charge in [-0.15, -0.1) is 11.3 Å². The first-order valence-electron chi connectivity index (χ1n) is 7.34. The van der Waals surface area contributed by atoms with Gasteiger partial charge in [-0.3, -0.25) is 4.79 Å². The quantitative estimate of drug-likeness (QED) is 0.858. The molecule has 130 valence electrons. The van der Waals surface area contributed by atoms with Gasteiger partial charge in [-0.05, 0) is 18.6 Å². The second kappa shape index (κ2) is 7.31. The number of halogens is 3. The van der Waals surface area contributed by atoms with Gasteiger partial charge in [0.15, 0.2) is 5.13 Å². The molecule has 24 heavy (non-hydrogen) atoms. The van der Waals surface area contributed by atoms with E-state index in [9.17, 15) is 18.0 Å². The van der Waals surface area contributed by atoms with Gasteiger partial charge in [-0.2, -0.15) is 13.2 Å². The van der Waals surface area contributed by atoms with Crippen molar-refractivity contribution in [2.75, 3.05) is 5.32 Å². The smallest absolute Gasteiger partial charge is 0.327 e. The first-order chi connectivity index (χ1) is 11.2. The van der Waals surface area contributed by atoms with Crippen molar-refractivity contribution in [1.29, 1.82) is 0 Å². The van der Waals surface area contributed by atoms with Crippen LogP contribution in [-0.4, -0.2) is 16.9 Å². The van der Waals surface area contributed by atoms with Gasteiger partial charge in [0, 0.05) is 23.5 Å². The second-order valence-electron chi connectivity index (χ2n) is 5.64. The van der Waals surface area contributed by atoms with Crippen LogP contribution in [0.15, 0.2) is 30.5 Å². The normalized spacial score (nSPS) is 14.2. The number of nitrogens with zero attached hydrogens (tertiary/aromatic N) is 1. The molecule has 0 saturated heterocycles. The van der Waals surface area contributed by atoms with E-state index < -0.39 is 11.7 Å². The number of anilines is 1. The van der Waals surface area contributed by atoms with Gasteiger partial charge in [-0.25, -0.2) is 4.98 Å². The van der Waals surface area contributed by atoms with E-state index in [4.69, 9.17) is 5.73 Å². The molecule has 3 N–H and O–H groups in total. The summed E-state index contributed by atoms with van der Waals surface area (Å²) in [4.78, 5) is 16.8. The largest absolute Gasteiger partial charge is 0.416 e. The summed E-state index contributed by atoms with van der Waals surface area (Å²) in [5, 5.41) is 3.08. The molecule has 2 rings (SSSR count). The van der Waals surface area contributed by atoms with Crippen LogP contribution >= 0.6 is 11.3 Å². The Balaban J connectivity index is 2.05. The second-order valence-corrected chi connectivity index (χ2v) is 6.76. The van der Waals surface area contributed by atoms with Crippen LogP contribution in [-0.2, 0) is 17.4 Å². The Kier molecular flexibility index (Phi) is 5.61. The summed E-state index contributed by atoms with van der Waals surface area (Å²) in [6.07, 6.45) is -2.49. The summed E-state index contributed by atoms with van der Waals surface area (Å²) in [5.41, 5.74) is 5.54. The average molecular weight is 357 g/mol. The molecule has 2 atom stereocenters. The van der Waals surface area contributed by atoms with Gasteiger partial charge in [0.25, 0.3) is 0 Å². The molecule has 1 amide bonds. The summed E-state index contributed by atoms with van der Waals surface area (Å²) in [5.74, 6) is -0.592. The number of hydrogen-bond acceptors (Lipinski definition) is 4. The molecule has 2 unspecified atom stereocenters. The van der Waals surface area contributed by atoms with Crippen LogP contribution < -0.4 is 11.1 Å². The maximum Gasteiger partial charge on any atom is 0.416 e. The number of amides is 1. The van der Waals surface area contributed by atoms with E-state index in [1.807, 2.05) is 0 Å². The molecular formula is C16H18F3N3OS. The highest BCUT2D eigenvalue weighted by molar-refractivity contribution is 7.15. The van der Waals surface area contributed by atoms with Crippen molar-refractivity contribution in [3.8, 4) is 0 Å². The number of rotatable bonds is 5. The van der Waals surface area contributed by atoms with Crippen molar-refractivity contribution in [3.63, 3.8) is 0 Å². The summed E-state index contributed by atoms with van der Waals surface area (Å²) >= 11 is 1.23. The molecule has 0 spiro atoms. The zero-order chi connectivity index (χ0) is 17.9. The van der Waals surface area contributed by atoms with Crippen molar-refractivity contribution in [1.82, 2.24) is 4.98 Å². The fraction of sp³-hybridized carbons (Fsp3) is 0.375. The number of benzene rings is 1. The molecule has 4 nitrogen and oxygen atoms in total. The van der Waals surface area contributed by atoms with Crippen molar-refractivity contribution in [2.24, 2.45) is 11.7 Å². The highest BCUT2D eigenvalue weighted by Crippen LogP contribution is 2.30. The van der Waals surface area contributed by atoms with Crippen LogP contribution in [0.25, 0.3) is 0 Å². The van der Waals surface area contributed by atoms with Crippen molar-refractivity contribution in [3.05, 3.63) is 46.5 Å². The molecule has 2 aromatic rings. The van der Waals surface area contributed by atoms with Gasteiger partial charge < -0.3 is 11.1 Å². The van der Waals surface area contributed by atoms with E-state index in [1.165, 1.54) is 17.4 Å². The zero-order valence-corrected chi connectivity index (χ0v) is 14.0. The fourth-order valence-corrected chi connectivity index (χ4v) is 2.81. The zero-order valence-electron chi connectivity index (χ0n) is 13.2. The Labute approximate surface area is 141 Å². The van der Waals surface area contributed by atoms with E-state index in [0.717, 1.165) is 17.0 Å². The standard InChI is InChI=1S/C16H18F3N3OS/c1-9(10(2)20)14(23)22-15-21-8-13(24-15)7-11-4-3-5-12(6-11)16(17,18)19/h3-6,8-10H,7,20H2,1-2H3,(H,21,22,23). The molecule has 1 aromatic heterocycles. The molecule has 0 aliphatic heterocycles. The fourth-order valence-electron chi connectivity index (χ4n) is 1.96. The SMILES string of the molecule is CC(N)C(C)C(=O)Nc1ncc(Cc2cccc(C(F)(F)F)c2)s1. The van der Waals surface area contributed by atoms with E-state index in [1.54, 1.807) is 26.1 Å². The Morgan fingerprint density at radius 3 is 2.71 bits per heavy atom. The number of nitrogens with two attached hydrogens (primary N) is 1. The molecule has 8 heteroatoms. The van der Waals surface area contributed by atoms with Crippen LogP contribution in [0.1, 0.15) is 29.9 Å². The van der Waals surface area contributed by atoms with Crippen LogP contribution in [0.2, 0.25) is 0 Å². The summed E-state index contributed by atoms with van der Waals surface area (Å²) < 4.78 is 38.2. The third-order valence-corrected chi connectivity index (χ3v) is 4.53. The van der Waals surface area contributed by atoms with Crippen LogP contribution in [0.3, 0.4) is 0 Å². The van der Waals surface area contributed by atoms with E-state index in [-0.39, 0.29) is 17.9 Å². The van der Waals surface area contributed by atoms with Crippen LogP contribution in [0.5, 0.6) is 0 Å². The van der Waals surface area contributed by atoms with Gasteiger partial charge in [0.2, 0.25) is 5.91 Å². The number of carbonyl (C=O) groups is 1. The Hall–Kier alpha value is -1.93. The summed E-state index contributed by atoms with van der Waals surface area (Å²) in [7, 11) is 0. The number of carbonyl (C=O) groups excluding carboxylic acids is 1. The highest BCUT2D eigenvalue weighted by Gasteiger charge is 2.30. The Morgan fingerprint density at radius 2 is 2.08 bits per heavy atom. The van der Waals surface area contributed by atoms with Crippen molar-refractivity contribution < 1.29 is 18.0 Å². The van der Waals surface area contributed by atoms with Crippen molar-refractivity contribution in [2.45, 2.75) is 32.5 Å². The monoisotopic (exact) mass is 357 g/mol. The topological polar surface area (TPSA) is 68.0 Å². The minimum atomic E-state index is -4.36. The molecule has 0 fully saturated rings. The first-order valence-corrected chi connectivity index (χ1v) is 8.15. The number of hydrogen-bond donors (Lipinski definition) is 2. The first kappa shape index (κ1) is 18.4. The van der Waals surface area contributed by atoms with Gasteiger partial charge in [0.1, 0.15) is 0 Å². The van der Waals surface area contributed by atoms with Crippen LogP contribution in [0, 0.1) is 5.92 Å².